The molecule has 17 heavy (non-hydrogen) atoms. The van der Waals surface area contributed by atoms with Crippen LogP contribution >= 0.6 is 0 Å². The Morgan fingerprint density at radius 3 is 3.06 bits per heavy atom. The molecule has 0 fully saturated rings. The number of carbonyl (C=O) groups is 1. The molecule has 1 aromatic rings. The van der Waals surface area contributed by atoms with Crippen LogP contribution in [0.3, 0.4) is 0 Å². The van der Waals surface area contributed by atoms with E-state index in [1.807, 2.05) is 12.2 Å². The van der Waals surface area contributed by atoms with E-state index >= 15 is 0 Å². The first kappa shape index (κ1) is 12.7. The Morgan fingerprint density at radius 2 is 2.47 bits per heavy atom. The van der Waals surface area contributed by atoms with Gasteiger partial charge >= 0.3 is 5.97 Å². The Hall–Kier alpha value is -2.33. The molecule has 1 heterocycles. The monoisotopic (exact) mass is 232 g/mol. The SMILES string of the molecule is COC(=O)c1ccc(C=CCCN=[N+]=[N-])cn1. The van der Waals surface area contributed by atoms with Gasteiger partial charge in [-0.15, -0.1) is 0 Å². The molecule has 0 aliphatic heterocycles. The van der Waals surface area contributed by atoms with E-state index < -0.39 is 5.97 Å². The molecule has 0 aromatic carbocycles. The zero-order valence-electron chi connectivity index (χ0n) is 9.41. The molecule has 1 rings (SSSR count). The molecule has 0 amide bonds. The van der Waals surface area contributed by atoms with Crippen LogP contribution in [-0.4, -0.2) is 24.6 Å². The third kappa shape index (κ3) is 4.36. The summed E-state index contributed by atoms with van der Waals surface area (Å²) in [5.41, 5.74) is 9.22. The van der Waals surface area contributed by atoms with E-state index in [-0.39, 0.29) is 5.69 Å². The van der Waals surface area contributed by atoms with Crippen molar-refractivity contribution in [2.75, 3.05) is 13.7 Å². The maximum atomic E-state index is 11.1. The molecule has 0 spiro atoms. The number of azide groups is 1. The van der Waals surface area contributed by atoms with Crippen LogP contribution < -0.4 is 0 Å². The van der Waals surface area contributed by atoms with E-state index in [2.05, 4.69) is 19.7 Å². The van der Waals surface area contributed by atoms with Gasteiger partial charge in [-0.05, 0) is 23.6 Å². The van der Waals surface area contributed by atoms with Crippen LogP contribution in [0.1, 0.15) is 22.5 Å². The van der Waals surface area contributed by atoms with Gasteiger partial charge in [0.2, 0.25) is 0 Å². The van der Waals surface area contributed by atoms with Crippen molar-refractivity contribution in [1.29, 1.82) is 0 Å². The summed E-state index contributed by atoms with van der Waals surface area (Å²) < 4.78 is 4.54. The highest BCUT2D eigenvalue weighted by Gasteiger charge is 2.04. The van der Waals surface area contributed by atoms with E-state index in [4.69, 9.17) is 5.53 Å². The van der Waals surface area contributed by atoms with Gasteiger partial charge in [-0.2, -0.15) is 0 Å². The summed E-state index contributed by atoms with van der Waals surface area (Å²) in [4.78, 5) is 17.7. The molecular weight excluding hydrogens is 220 g/mol. The van der Waals surface area contributed by atoms with Gasteiger partial charge in [-0.25, -0.2) is 9.78 Å². The average Bonchev–Trinajstić information content (AvgIpc) is 2.38. The summed E-state index contributed by atoms with van der Waals surface area (Å²) in [5.74, 6) is -0.455. The molecule has 0 atom stereocenters. The summed E-state index contributed by atoms with van der Waals surface area (Å²) in [5, 5.41) is 3.40. The fourth-order valence-corrected chi connectivity index (χ4v) is 1.13. The van der Waals surface area contributed by atoms with E-state index in [9.17, 15) is 4.79 Å². The molecule has 6 heteroatoms. The topological polar surface area (TPSA) is 88.0 Å². The van der Waals surface area contributed by atoms with Gasteiger partial charge in [0.1, 0.15) is 5.69 Å². The largest absolute Gasteiger partial charge is 0.464 e. The molecular formula is C11H12N4O2. The van der Waals surface area contributed by atoms with Gasteiger partial charge in [0, 0.05) is 17.7 Å². The minimum absolute atomic E-state index is 0.277. The lowest BCUT2D eigenvalue weighted by Crippen LogP contribution is -2.03. The number of esters is 1. The Labute approximate surface area is 98.6 Å². The molecule has 0 aliphatic carbocycles. The predicted octanol–water partition coefficient (Wildman–Crippen LogP) is 2.58. The van der Waals surface area contributed by atoms with Crippen LogP contribution in [0.25, 0.3) is 16.5 Å². The number of carbonyl (C=O) groups excluding carboxylic acids is 1. The minimum Gasteiger partial charge on any atom is -0.464 e. The highest BCUT2D eigenvalue weighted by Crippen LogP contribution is 2.04. The number of methoxy groups -OCH3 is 1. The van der Waals surface area contributed by atoms with Crippen molar-refractivity contribution in [3.63, 3.8) is 0 Å². The summed E-state index contributed by atoms with van der Waals surface area (Å²) in [7, 11) is 1.31. The van der Waals surface area contributed by atoms with Crippen molar-refractivity contribution >= 4 is 12.0 Å². The smallest absolute Gasteiger partial charge is 0.356 e. The van der Waals surface area contributed by atoms with Gasteiger partial charge in [-0.1, -0.05) is 23.3 Å². The third-order valence-corrected chi connectivity index (χ3v) is 1.95. The lowest BCUT2D eigenvalue weighted by atomic mass is 10.2. The summed E-state index contributed by atoms with van der Waals surface area (Å²) in [6.45, 7) is 0.431. The predicted molar refractivity (Wildman–Crippen MR) is 63.2 cm³/mol. The second kappa shape index (κ2) is 7.03. The number of rotatable bonds is 5. The lowest BCUT2D eigenvalue weighted by molar-refractivity contribution is 0.0594. The number of aromatic nitrogens is 1. The molecule has 0 bridgehead atoms. The van der Waals surface area contributed by atoms with E-state index in [1.165, 1.54) is 7.11 Å². The number of pyridine rings is 1. The molecule has 0 radical (unpaired) electrons. The number of ether oxygens (including phenoxy) is 1. The lowest BCUT2D eigenvalue weighted by Gasteiger charge is -1.98. The highest BCUT2D eigenvalue weighted by molar-refractivity contribution is 5.87. The standard InChI is InChI=1S/C11H12N4O2/c1-17-11(16)10-6-5-9(8-13-10)4-2-3-7-14-15-12/h2,4-6,8H,3,7H2,1H3. The maximum absolute atomic E-state index is 11.1. The van der Waals surface area contributed by atoms with Gasteiger partial charge in [0.15, 0.2) is 0 Å². The second-order valence-electron chi connectivity index (χ2n) is 3.11. The van der Waals surface area contributed by atoms with Crippen LogP contribution in [0.2, 0.25) is 0 Å². The van der Waals surface area contributed by atoms with Crippen molar-refractivity contribution in [2.24, 2.45) is 5.11 Å². The number of hydrogen-bond acceptors (Lipinski definition) is 4. The van der Waals surface area contributed by atoms with Crippen molar-refractivity contribution in [3.8, 4) is 0 Å². The first-order chi connectivity index (χ1) is 8.27. The second-order valence-corrected chi connectivity index (χ2v) is 3.11. The fraction of sp³-hybridized carbons (Fsp3) is 0.273. The fourth-order valence-electron chi connectivity index (χ4n) is 1.13. The zero-order valence-corrected chi connectivity index (χ0v) is 9.41. The van der Waals surface area contributed by atoms with Gasteiger partial charge < -0.3 is 4.74 Å². The highest BCUT2D eigenvalue weighted by atomic mass is 16.5. The molecule has 0 saturated carbocycles. The summed E-state index contributed by atoms with van der Waals surface area (Å²) >= 11 is 0. The Kier molecular flexibility index (Phi) is 5.27. The Morgan fingerprint density at radius 1 is 1.65 bits per heavy atom. The van der Waals surface area contributed by atoms with Gasteiger partial charge in [-0.3, -0.25) is 0 Å². The Bertz CT molecular complexity index is 447. The van der Waals surface area contributed by atoms with Crippen molar-refractivity contribution in [1.82, 2.24) is 4.98 Å². The number of hydrogen-bond donors (Lipinski definition) is 0. The quantitative estimate of drug-likeness (QED) is 0.257. The van der Waals surface area contributed by atoms with Gasteiger partial charge in [0.05, 0.1) is 7.11 Å². The molecule has 0 unspecified atom stereocenters. The van der Waals surface area contributed by atoms with Crippen molar-refractivity contribution in [2.45, 2.75) is 6.42 Å². The molecule has 6 nitrogen and oxygen atoms in total. The zero-order chi connectivity index (χ0) is 12.5. The molecule has 1 aromatic heterocycles. The molecule has 0 N–H and O–H groups in total. The van der Waals surface area contributed by atoms with E-state index in [0.717, 1.165) is 5.56 Å². The molecule has 0 saturated heterocycles. The minimum atomic E-state index is -0.455. The molecule has 0 aliphatic rings. The van der Waals surface area contributed by atoms with Crippen LogP contribution in [0, 0.1) is 0 Å². The first-order valence-corrected chi connectivity index (χ1v) is 4.99. The van der Waals surface area contributed by atoms with Crippen LogP contribution in [0.15, 0.2) is 29.5 Å². The maximum Gasteiger partial charge on any atom is 0.356 e. The third-order valence-electron chi connectivity index (χ3n) is 1.95. The van der Waals surface area contributed by atoms with Crippen molar-refractivity contribution in [3.05, 3.63) is 46.1 Å². The van der Waals surface area contributed by atoms with Crippen molar-refractivity contribution < 1.29 is 9.53 Å². The van der Waals surface area contributed by atoms with E-state index in [1.54, 1.807) is 18.3 Å². The van der Waals surface area contributed by atoms with Crippen LogP contribution in [0.4, 0.5) is 0 Å². The van der Waals surface area contributed by atoms with E-state index in [0.29, 0.717) is 13.0 Å². The molecule has 88 valence electrons. The average molecular weight is 232 g/mol. The first-order valence-electron chi connectivity index (χ1n) is 4.99. The Balaban J connectivity index is 2.56. The number of nitrogens with zero attached hydrogens (tertiary/aromatic N) is 4. The van der Waals surface area contributed by atoms with Gasteiger partial charge in [0.25, 0.3) is 0 Å². The summed E-state index contributed by atoms with van der Waals surface area (Å²) in [6.07, 6.45) is 5.98. The summed E-state index contributed by atoms with van der Waals surface area (Å²) in [6, 6.07) is 3.36. The van der Waals surface area contributed by atoms with Crippen LogP contribution in [-0.2, 0) is 4.74 Å². The van der Waals surface area contributed by atoms with Crippen LogP contribution in [0.5, 0.6) is 0 Å². The normalized spacial score (nSPS) is 9.94.